The van der Waals surface area contributed by atoms with Crippen molar-refractivity contribution < 1.29 is 19.4 Å². The van der Waals surface area contributed by atoms with Crippen molar-refractivity contribution in [2.24, 2.45) is 0 Å². The highest BCUT2D eigenvalue weighted by Crippen LogP contribution is 2.22. The van der Waals surface area contributed by atoms with Crippen LogP contribution in [0.25, 0.3) is 0 Å². The van der Waals surface area contributed by atoms with E-state index in [1.54, 1.807) is 11.0 Å². The summed E-state index contributed by atoms with van der Waals surface area (Å²) in [6.07, 6.45) is 0.929. The lowest BCUT2D eigenvalue weighted by atomic mass is 10.1. The van der Waals surface area contributed by atoms with Gasteiger partial charge in [-0.3, -0.25) is 4.79 Å². The lowest BCUT2D eigenvalue weighted by Gasteiger charge is -2.24. The van der Waals surface area contributed by atoms with Crippen LogP contribution in [0.4, 0.5) is 0 Å². The molecule has 1 fully saturated rings. The zero-order chi connectivity index (χ0) is 15.2. The van der Waals surface area contributed by atoms with Gasteiger partial charge in [-0.15, -0.1) is 6.58 Å². The molecular formula is C16H19NO4. The minimum atomic E-state index is -1.01. The Morgan fingerprint density at radius 3 is 2.52 bits per heavy atom. The monoisotopic (exact) mass is 289 g/mol. The Morgan fingerprint density at radius 1 is 1.29 bits per heavy atom. The molecule has 0 bridgehead atoms. The van der Waals surface area contributed by atoms with Gasteiger partial charge in [-0.2, -0.15) is 0 Å². The predicted octanol–water partition coefficient (Wildman–Crippen LogP) is 1.83. The van der Waals surface area contributed by atoms with Crippen molar-refractivity contribution in [2.45, 2.75) is 31.6 Å². The number of nitrogens with zero attached hydrogens (tertiary/aromatic N) is 1. The number of ether oxygens (including phenoxy) is 1. The second kappa shape index (κ2) is 7.04. The molecule has 0 aliphatic carbocycles. The summed E-state index contributed by atoms with van der Waals surface area (Å²) in [5.41, 5.74) is 1.01. The Labute approximate surface area is 123 Å². The summed E-state index contributed by atoms with van der Waals surface area (Å²) < 4.78 is 5.32. The Hall–Kier alpha value is -2.14. The number of carbonyl (C=O) groups is 2. The molecule has 1 heterocycles. The fourth-order valence-corrected chi connectivity index (χ4v) is 2.40. The first-order valence-electron chi connectivity index (χ1n) is 6.93. The van der Waals surface area contributed by atoms with E-state index in [0.717, 1.165) is 5.56 Å². The minimum Gasteiger partial charge on any atom is -0.479 e. The number of carboxylic acid groups (broad SMARTS) is 1. The Balaban J connectivity index is 2.02. The smallest absolute Gasteiger partial charge is 0.332 e. The van der Waals surface area contributed by atoms with Gasteiger partial charge in [0.25, 0.3) is 5.91 Å². The van der Waals surface area contributed by atoms with E-state index in [1.165, 1.54) is 0 Å². The van der Waals surface area contributed by atoms with E-state index in [2.05, 4.69) is 6.58 Å². The van der Waals surface area contributed by atoms with E-state index in [9.17, 15) is 9.59 Å². The van der Waals surface area contributed by atoms with E-state index in [0.29, 0.717) is 25.9 Å². The topological polar surface area (TPSA) is 66.8 Å². The predicted molar refractivity (Wildman–Crippen MR) is 77.6 cm³/mol. The quantitative estimate of drug-likeness (QED) is 0.811. The maximum atomic E-state index is 12.5. The van der Waals surface area contributed by atoms with Crippen molar-refractivity contribution in [1.29, 1.82) is 0 Å². The van der Waals surface area contributed by atoms with Gasteiger partial charge < -0.3 is 14.7 Å². The number of rotatable bonds is 6. The van der Waals surface area contributed by atoms with Crippen LogP contribution in [0.3, 0.4) is 0 Å². The van der Waals surface area contributed by atoms with Crippen molar-refractivity contribution in [3.63, 3.8) is 0 Å². The molecule has 0 aromatic heterocycles. The first-order valence-corrected chi connectivity index (χ1v) is 6.93. The number of hydrogen-bond acceptors (Lipinski definition) is 3. The highest BCUT2D eigenvalue weighted by atomic mass is 16.5. The molecule has 2 atom stereocenters. The molecule has 0 saturated carbocycles. The summed E-state index contributed by atoms with van der Waals surface area (Å²) in [6.45, 7) is 4.54. The zero-order valence-corrected chi connectivity index (χ0v) is 11.8. The molecule has 1 aliphatic heterocycles. The molecule has 0 radical (unpaired) electrons. The van der Waals surface area contributed by atoms with Gasteiger partial charge in [0.05, 0.1) is 0 Å². The van der Waals surface area contributed by atoms with Crippen molar-refractivity contribution in [2.75, 3.05) is 6.54 Å². The number of benzene rings is 1. The molecule has 1 amide bonds. The summed E-state index contributed by atoms with van der Waals surface area (Å²) in [7, 11) is 0. The maximum Gasteiger partial charge on any atom is 0.332 e. The summed E-state index contributed by atoms with van der Waals surface area (Å²) in [5, 5.41) is 8.92. The molecule has 112 valence electrons. The third-order valence-electron chi connectivity index (χ3n) is 3.45. The first kappa shape index (κ1) is 15.3. The summed E-state index contributed by atoms with van der Waals surface area (Å²) in [6, 6.07) is 9.63. The van der Waals surface area contributed by atoms with E-state index in [4.69, 9.17) is 9.84 Å². The third-order valence-corrected chi connectivity index (χ3v) is 3.45. The number of carbonyl (C=O) groups excluding carboxylic acids is 1. The molecule has 1 saturated heterocycles. The van der Waals surface area contributed by atoms with Gasteiger partial charge in [0, 0.05) is 13.1 Å². The maximum absolute atomic E-state index is 12.5. The molecule has 1 aromatic carbocycles. The van der Waals surface area contributed by atoms with Crippen molar-refractivity contribution >= 4 is 11.9 Å². The largest absolute Gasteiger partial charge is 0.479 e. The van der Waals surface area contributed by atoms with Crippen LogP contribution in [0, 0.1) is 0 Å². The molecule has 2 rings (SSSR count). The fraction of sp³-hybridized carbons (Fsp3) is 0.375. The second-order valence-electron chi connectivity index (χ2n) is 5.02. The fourth-order valence-electron chi connectivity index (χ4n) is 2.40. The van der Waals surface area contributed by atoms with Gasteiger partial charge in [0.2, 0.25) is 0 Å². The van der Waals surface area contributed by atoms with Crippen LogP contribution < -0.4 is 0 Å². The van der Waals surface area contributed by atoms with E-state index in [1.807, 2.05) is 30.3 Å². The minimum absolute atomic E-state index is 0.178. The van der Waals surface area contributed by atoms with Crippen LogP contribution in [-0.4, -0.2) is 40.6 Å². The molecule has 5 heteroatoms. The van der Waals surface area contributed by atoms with Crippen LogP contribution in [0.5, 0.6) is 0 Å². The number of aliphatic carboxylic acids is 1. The molecule has 1 aliphatic rings. The van der Waals surface area contributed by atoms with Crippen LogP contribution in [0.1, 0.15) is 18.4 Å². The van der Waals surface area contributed by atoms with Crippen LogP contribution >= 0.6 is 0 Å². The first-order chi connectivity index (χ1) is 10.1. The molecule has 0 unspecified atom stereocenters. The molecule has 1 aromatic rings. The lowest BCUT2D eigenvalue weighted by Crippen LogP contribution is -2.39. The molecular weight excluding hydrogens is 270 g/mol. The van der Waals surface area contributed by atoms with E-state index in [-0.39, 0.29) is 5.91 Å². The second-order valence-corrected chi connectivity index (χ2v) is 5.02. The molecule has 0 spiro atoms. The van der Waals surface area contributed by atoms with E-state index < -0.39 is 18.2 Å². The van der Waals surface area contributed by atoms with Gasteiger partial charge in [-0.1, -0.05) is 36.4 Å². The van der Waals surface area contributed by atoms with Crippen LogP contribution in [0.15, 0.2) is 43.0 Å². The lowest BCUT2D eigenvalue weighted by molar-refractivity contribution is -0.154. The molecule has 21 heavy (non-hydrogen) atoms. The SMILES string of the molecule is C=CCN(Cc1ccccc1)C(=O)[C@@H]1CC[C@H](C(=O)O)O1. The Morgan fingerprint density at radius 2 is 1.95 bits per heavy atom. The van der Waals surface area contributed by atoms with Gasteiger partial charge in [-0.25, -0.2) is 4.79 Å². The van der Waals surface area contributed by atoms with Gasteiger partial charge in [0.15, 0.2) is 6.10 Å². The third kappa shape index (κ3) is 3.92. The van der Waals surface area contributed by atoms with E-state index >= 15 is 0 Å². The number of amides is 1. The van der Waals surface area contributed by atoms with Crippen molar-refractivity contribution in [3.05, 3.63) is 48.6 Å². The highest BCUT2D eigenvalue weighted by molar-refractivity contribution is 5.82. The Kier molecular flexibility index (Phi) is 5.11. The van der Waals surface area contributed by atoms with Gasteiger partial charge >= 0.3 is 5.97 Å². The Bertz CT molecular complexity index is 514. The highest BCUT2D eigenvalue weighted by Gasteiger charge is 2.36. The standard InChI is InChI=1S/C16H19NO4/c1-2-10-17(11-12-6-4-3-5-7-12)15(18)13-8-9-14(21-13)16(19)20/h2-7,13-14H,1,8-11H2,(H,19,20)/t13-,14+/m0/s1. The number of hydrogen-bond donors (Lipinski definition) is 1. The van der Waals surface area contributed by atoms with Crippen molar-refractivity contribution in [3.8, 4) is 0 Å². The van der Waals surface area contributed by atoms with Gasteiger partial charge in [0.1, 0.15) is 6.10 Å². The molecule has 1 N–H and O–H groups in total. The molecule has 5 nitrogen and oxygen atoms in total. The summed E-state index contributed by atoms with van der Waals surface area (Å²) in [5.74, 6) is -1.19. The average Bonchev–Trinajstić information content (AvgIpc) is 2.97. The summed E-state index contributed by atoms with van der Waals surface area (Å²) in [4.78, 5) is 25.0. The average molecular weight is 289 g/mol. The van der Waals surface area contributed by atoms with Gasteiger partial charge in [-0.05, 0) is 18.4 Å². The normalized spacial score (nSPS) is 21.0. The zero-order valence-electron chi connectivity index (χ0n) is 11.8. The number of carboxylic acids is 1. The summed E-state index contributed by atoms with van der Waals surface area (Å²) >= 11 is 0. The van der Waals surface area contributed by atoms with Crippen LogP contribution in [0.2, 0.25) is 0 Å². The van der Waals surface area contributed by atoms with Crippen molar-refractivity contribution in [1.82, 2.24) is 4.90 Å². The van der Waals surface area contributed by atoms with Crippen LogP contribution in [-0.2, 0) is 20.9 Å².